The molecule has 2 aromatic heterocycles. The summed E-state index contributed by atoms with van der Waals surface area (Å²) in [5.74, 6) is -0.00305. The van der Waals surface area contributed by atoms with Crippen LogP contribution in [0.5, 0.6) is 0 Å². The summed E-state index contributed by atoms with van der Waals surface area (Å²) < 4.78 is 5.40. The van der Waals surface area contributed by atoms with Crippen LogP contribution in [-0.4, -0.2) is 33.9 Å². The highest BCUT2D eigenvalue weighted by Gasteiger charge is 2.15. The number of aryl methyl sites for hydroxylation is 1. The van der Waals surface area contributed by atoms with Crippen molar-refractivity contribution in [2.75, 3.05) is 7.05 Å². The van der Waals surface area contributed by atoms with E-state index < -0.39 is 5.97 Å². The van der Waals surface area contributed by atoms with Crippen molar-refractivity contribution in [2.24, 2.45) is 0 Å². The third kappa shape index (κ3) is 3.03. The number of nitrogens with zero attached hydrogens (tertiary/aromatic N) is 2. The zero-order chi connectivity index (χ0) is 14.7. The van der Waals surface area contributed by atoms with Crippen molar-refractivity contribution < 1.29 is 19.1 Å². The van der Waals surface area contributed by atoms with Gasteiger partial charge in [-0.2, -0.15) is 0 Å². The van der Waals surface area contributed by atoms with Gasteiger partial charge in [0.1, 0.15) is 17.2 Å². The van der Waals surface area contributed by atoms with Crippen LogP contribution in [0.25, 0.3) is 0 Å². The number of pyridine rings is 1. The summed E-state index contributed by atoms with van der Waals surface area (Å²) in [5, 5.41) is 8.87. The number of carboxylic acid groups (broad SMARTS) is 1. The Labute approximate surface area is 115 Å². The quantitative estimate of drug-likeness (QED) is 0.921. The number of carboxylic acids is 1. The van der Waals surface area contributed by atoms with Crippen LogP contribution in [0.2, 0.25) is 0 Å². The number of carbonyl (C=O) groups is 2. The SMILES string of the molecule is Cc1ccc(CN(C)C(=O)c2ccnc(C(=O)O)c2)o1. The number of aromatic carboxylic acids is 1. The van der Waals surface area contributed by atoms with Gasteiger partial charge in [-0.15, -0.1) is 0 Å². The van der Waals surface area contributed by atoms with Gasteiger partial charge < -0.3 is 14.4 Å². The van der Waals surface area contributed by atoms with Gasteiger partial charge in [0.2, 0.25) is 0 Å². The van der Waals surface area contributed by atoms with Crippen molar-refractivity contribution in [3.8, 4) is 0 Å². The Morgan fingerprint density at radius 1 is 1.35 bits per heavy atom. The van der Waals surface area contributed by atoms with Gasteiger partial charge in [0, 0.05) is 18.8 Å². The van der Waals surface area contributed by atoms with E-state index in [9.17, 15) is 9.59 Å². The number of hydrogen-bond acceptors (Lipinski definition) is 4. The molecule has 0 radical (unpaired) electrons. The molecule has 0 bridgehead atoms. The van der Waals surface area contributed by atoms with Crippen LogP contribution in [-0.2, 0) is 6.54 Å². The van der Waals surface area contributed by atoms with Crippen molar-refractivity contribution in [1.82, 2.24) is 9.88 Å². The predicted octanol–water partition coefficient (Wildman–Crippen LogP) is 1.95. The fourth-order valence-electron chi connectivity index (χ4n) is 1.78. The first-order valence-electron chi connectivity index (χ1n) is 5.97. The zero-order valence-electron chi connectivity index (χ0n) is 11.2. The van der Waals surface area contributed by atoms with Crippen molar-refractivity contribution in [2.45, 2.75) is 13.5 Å². The van der Waals surface area contributed by atoms with Gasteiger partial charge in [0.05, 0.1) is 6.54 Å². The number of furan rings is 1. The summed E-state index contributed by atoms with van der Waals surface area (Å²) in [4.78, 5) is 28.2. The number of aromatic nitrogens is 1. The maximum atomic E-state index is 12.2. The van der Waals surface area contributed by atoms with Gasteiger partial charge in [-0.25, -0.2) is 9.78 Å². The van der Waals surface area contributed by atoms with Crippen molar-refractivity contribution >= 4 is 11.9 Å². The number of amides is 1. The second-order valence-electron chi connectivity index (χ2n) is 4.41. The third-order valence-corrected chi connectivity index (χ3v) is 2.76. The Balaban J connectivity index is 2.14. The van der Waals surface area contributed by atoms with Crippen LogP contribution in [0, 0.1) is 6.92 Å². The number of carbonyl (C=O) groups excluding carboxylic acids is 1. The molecule has 0 aliphatic carbocycles. The molecule has 104 valence electrons. The van der Waals surface area contributed by atoms with E-state index in [1.807, 2.05) is 13.0 Å². The summed E-state index contributed by atoms with van der Waals surface area (Å²) >= 11 is 0. The molecule has 0 atom stereocenters. The molecule has 0 aromatic carbocycles. The molecule has 1 amide bonds. The molecule has 0 aliphatic rings. The smallest absolute Gasteiger partial charge is 0.354 e. The molecule has 1 N–H and O–H groups in total. The largest absolute Gasteiger partial charge is 0.477 e. The molecular formula is C14H14N2O4. The minimum atomic E-state index is -1.16. The lowest BCUT2D eigenvalue weighted by atomic mass is 10.2. The fourth-order valence-corrected chi connectivity index (χ4v) is 1.78. The first-order chi connectivity index (χ1) is 9.47. The lowest BCUT2D eigenvalue weighted by molar-refractivity contribution is 0.0690. The number of hydrogen-bond donors (Lipinski definition) is 1. The van der Waals surface area contributed by atoms with E-state index in [0.29, 0.717) is 12.3 Å². The predicted molar refractivity (Wildman–Crippen MR) is 70.4 cm³/mol. The van der Waals surface area contributed by atoms with Gasteiger partial charge in [-0.05, 0) is 31.2 Å². The minimum absolute atomic E-state index is 0.155. The Morgan fingerprint density at radius 3 is 2.70 bits per heavy atom. The van der Waals surface area contributed by atoms with Crippen molar-refractivity contribution in [3.63, 3.8) is 0 Å². The molecule has 0 spiro atoms. The zero-order valence-corrected chi connectivity index (χ0v) is 11.2. The van der Waals surface area contributed by atoms with Crippen molar-refractivity contribution in [1.29, 1.82) is 0 Å². The third-order valence-electron chi connectivity index (χ3n) is 2.76. The monoisotopic (exact) mass is 274 g/mol. The Kier molecular flexibility index (Phi) is 3.84. The van der Waals surface area contributed by atoms with Gasteiger partial charge in [-0.3, -0.25) is 4.79 Å². The molecular weight excluding hydrogens is 260 g/mol. The van der Waals surface area contributed by atoms with Crippen LogP contribution in [0.15, 0.2) is 34.9 Å². The normalized spacial score (nSPS) is 10.3. The number of rotatable bonds is 4. The highest BCUT2D eigenvalue weighted by molar-refractivity contribution is 5.96. The van der Waals surface area contributed by atoms with Gasteiger partial charge in [0.15, 0.2) is 0 Å². The van der Waals surface area contributed by atoms with E-state index in [4.69, 9.17) is 9.52 Å². The summed E-state index contributed by atoms with van der Waals surface area (Å²) in [6.07, 6.45) is 1.31. The maximum Gasteiger partial charge on any atom is 0.354 e. The molecule has 0 unspecified atom stereocenters. The molecule has 2 aromatic rings. The highest BCUT2D eigenvalue weighted by Crippen LogP contribution is 2.11. The van der Waals surface area contributed by atoms with Crippen molar-refractivity contribution in [3.05, 3.63) is 53.2 Å². The molecule has 6 nitrogen and oxygen atoms in total. The molecule has 0 fully saturated rings. The average molecular weight is 274 g/mol. The first kappa shape index (κ1) is 13.8. The summed E-state index contributed by atoms with van der Waals surface area (Å²) in [7, 11) is 1.63. The molecule has 20 heavy (non-hydrogen) atoms. The second kappa shape index (κ2) is 5.56. The molecule has 0 saturated heterocycles. The molecule has 0 aliphatic heterocycles. The van der Waals surface area contributed by atoms with E-state index >= 15 is 0 Å². The van der Waals surface area contributed by atoms with E-state index in [-0.39, 0.29) is 17.2 Å². The van der Waals surface area contributed by atoms with Crippen LogP contribution in [0.4, 0.5) is 0 Å². The van der Waals surface area contributed by atoms with E-state index in [2.05, 4.69) is 4.98 Å². The van der Waals surface area contributed by atoms with E-state index in [0.717, 1.165) is 5.76 Å². The van der Waals surface area contributed by atoms with E-state index in [1.165, 1.54) is 23.2 Å². The molecule has 2 heterocycles. The average Bonchev–Trinajstić information content (AvgIpc) is 2.83. The van der Waals surface area contributed by atoms with E-state index in [1.54, 1.807) is 13.1 Å². The standard InChI is InChI=1S/C14H14N2O4/c1-9-3-4-11(20-9)8-16(2)13(17)10-5-6-15-12(7-10)14(18)19/h3-7H,8H2,1-2H3,(H,18,19). The van der Waals surface area contributed by atoms with Crippen LogP contribution >= 0.6 is 0 Å². The summed E-state index contributed by atoms with van der Waals surface area (Å²) in [6.45, 7) is 2.14. The van der Waals surface area contributed by atoms with Crippen LogP contribution in [0.3, 0.4) is 0 Å². The second-order valence-corrected chi connectivity index (χ2v) is 4.41. The molecule has 0 saturated carbocycles. The highest BCUT2D eigenvalue weighted by atomic mass is 16.4. The Bertz CT molecular complexity index is 648. The van der Waals surface area contributed by atoms with Crippen LogP contribution < -0.4 is 0 Å². The summed E-state index contributed by atoms with van der Waals surface area (Å²) in [5.41, 5.74) is 0.126. The maximum absolute atomic E-state index is 12.2. The fraction of sp³-hybridized carbons (Fsp3) is 0.214. The summed E-state index contributed by atoms with van der Waals surface area (Å²) in [6, 6.07) is 6.37. The lowest BCUT2D eigenvalue weighted by Gasteiger charge is -2.15. The molecule has 6 heteroatoms. The van der Waals surface area contributed by atoms with Gasteiger partial charge in [0.25, 0.3) is 5.91 Å². The Morgan fingerprint density at radius 2 is 2.10 bits per heavy atom. The first-order valence-corrected chi connectivity index (χ1v) is 5.97. The van der Waals surface area contributed by atoms with Gasteiger partial charge >= 0.3 is 5.97 Å². The van der Waals surface area contributed by atoms with Crippen LogP contribution in [0.1, 0.15) is 32.4 Å². The topological polar surface area (TPSA) is 83.6 Å². The van der Waals surface area contributed by atoms with Gasteiger partial charge in [-0.1, -0.05) is 0 Å². The molecule has 2 rings (SSSR count). The Hall–Kier alpha value is -2.63. The minimum Gasteiger partial charge on any atom is -0.477 e. The lowest BCUT2D eigenvalue weighted by Crippen LogP contribution is -2.26.